The number of furan rings is 1. The minimum atomic E-state index is -0.155. The lowest BCUT2D eigenvalue weighted by molar-refractivity contribution is 0.267. The van der Waals surface area contributed by atoms with Crippen LogP contribution >= 0.6 is 28.1 Å². The molecule has 7 heteroatoms. The molecule has 3 aromatic heterocycles. The standard InChI is InChI=1S/C25H21BrN4OS/c1-16-8-9-18(19(26)14-16)21-10-11-22(31-21)24-23(20-7-3-5-13-28-20)29-25(32)30(24)15-17-6-2-4-12-27-17/h2-14,23-24H,15H2,1H3,(H,29,32)/t23-,24-/m0/s1. The van der Waals surface area contributed by atoms with E-state index in [9.17, 15) is 0 Å². The Morgan fingerprint density at radius 3 is 2.56 bits per heavy atom. The third-order valence-corrected chi connectivity index (χ3v) is 6.57. The number of aryl methyl sites for hydroxylation is 1. The fourth-order valence-corrected chi connectivity index (χ4v) is 5.02. The van der Waals surface area contributed by atoms with Gasteiger partial charge in [0.25, 0.3) is 0 Å². The van der Waals surface area contributed by atoms with Crippen LogP contribution in [0.2, 0.25) is 0 Å². The summed E-state index contributed by atoms with van der Waals surface area (Å²) in [5.41, 5.74) is 4.06. The van der Waals surface area contributed by atoms with Gasteiger partial charge >= 0.3 is 0 Å². The van der Waals surface area contributed by atoms with E-state index in [1.807, 2.05) is 48.5 Å². The third-order valence-electron chi connectivity index (χ3n) is 5.56. The van der Waals surface area contributed by atoms with Gasteiger partial charge in [-0.25, -0.2) is 0 Å². The minimum absolute atomic E-state index is 0.132. The van der Waals surface area contributed by atoms with Crippen LogP contribution in [0.25, 0.3) is 11.3 Å². The normalized spacial score (nSPS) is 18.1. The Kier molecular flexibility index (Phi) is 5.76. The second-order valence-corrected chi connectivity index (χ2v) is 9.00. The number of benzene rings is 1. The van der Waals surface area contributed by atoms with Crippen molar-refractivity contribution in [2.24, 2.45) is 0 Å². The molecular weight excluding hydrogens is 484 g/mol. The smallest absolute Gasteiger partial charge is 0.170 e. The van der Waals surface area contributed by atoms with Crippen LogP contribution in [-0.2, 0) is 6.54 Å². The molecule has 1 N–H and O–H groups in total. The lowest BCUT2D eigenvalue weighted by Crippen LogP contribution is -2.29. The molecule has 0 spiro atoms. The molecule has 5 nitrogen and oxygen atoms in total. The van der Waals surface area contributed by atoms with E-state index >= 15 is 0 Å². The Bertz CT molecular complexity index is 1250. The van der Waals surface area contributed by atoms with Gasteiger partial charge in [0.1, 0.15) is 17.6 Å². The predicted molar refractivity (Wildman–Crippen MR) is 132 cm³/mol. The molecule has 2 atom stereocenters. The van der Waals surface area contributed by atoms with Crippen LogP contribution in [0.4, 0.5) is 0 Å². The van der Waals surface area contributed by atoms with Gasteiger partial charge in [-0.2, -0.15) is 0 Å². The number of hydrogen-bond acceptors (Lipinski definition) is 4. The lowest BCUT2D eigenvalue weighted by atomic mass is 10.0. The van der Waals surface area contributed by atoms with Gasteiger partial charge in [0.05, 0.1) is 24.0 Å². The first-order valence-electron chi connectivity index (χ1n) is 10.3. The monoisotopic (exact) mass is 504 g/mol. The van der Waals surface area contributed by atoms with E-state index in [4.69, 9.17) is 16.6 Å². The van der Waals surface area contributed by atoms with Crippen molar-refractivity contribution in [2.75, 3.05) is 0 Å². The van der Waals surface area contributed by atoms with E-state index < -0.39 is 0 Å². The zero-order chi connectivity index (χ0) is 22.1. The molecule has 1 saturated heterocycles. The van der Waals surface area contributed by atoms with E-state index in [0.29, 0.717) is 11.7 Å². The van der Waals surface area contributed by atoms with Crippen molar-refractivity contribution in [2.45, 2.75) is 25.6 Å². The highest BCUT2D eigenvalue weighted by Crippen LogP contribution is 2.41. The summed E-state index contributed by atoms with van der Waals surface area (Å²) >= 11 is 9.41. The molecule has 0 bridgehead atoms. The fourth-order valence-electron chi connectivity index (χ4n) is 4.03. The number of nitrogens with zero attached hydrogens (tertiary/aromatic N) is 3. The summed E-state index contributed by atoms with van der Waals surface area (Å²) in [4.78, 5) is 11.2. The molecule has 160 valence electrons. The highest BCUT2D eigenvalue weighted by molar-refractivity contribution is 9.10. The Morgan fingerprint density at radius 1 is 1.03 bits per heavy atom. The molecule has 1 aliphatic rings. The number of hydrogen-bond donors (Lipinski definition) is 1. The molecule has 1 fully saturated rings. The van der Waals surface area contributed by atoms with E-state index in [-0.39, 0.29) is 12.1 Å². The van der Waals surface area contributed by atoms with Crippen LogP contribution < -0.4 is 5.32 Å². The van der Waals surface area contributed by atoms with E-state index in [1.165, 1.54) is 5.56 Å². The summed E-state index contributed by atoms with van der Waals surface area (Å²) in [5.74, 6) is 1.63. The van der Waals surface area contributed by atoms with Crippen LogP contribution in [-0.4, -0.2) is 20.0 Å². The van der Waals surface area contributed by atoms with Crippen LogP contribution in [0.5, 0.6) is 0 Å². The van der Waals surface area contributed by atoms with Crippen LogP contribution in [0, 0.1) is 6.92 Å². The molecule has 5 rings (SSSR count). The summed E-state index contributed by atoms with van der Waals surface area (Å²) in [6.07, 6.45) is 3.60. The maximum Gasteiger partial charge on any atom is 0.170 e. The van der Waals surface area contributed by atoms with Gasteiger partial charge in [0, 0.05) is 22.4 Å². The van der Waals surface area contributed by atoms with E-state index in [1.54, 1.807) is 12.4 Å². The van der Waals surface area contributed by atoms with Gasteiger partial charge in [-0.05, 0) is 73.2 Å². The van der Waals surface area contributed by atoms with Crippen molar-refractivity contribution in [3.8, 4) is 11.3 Å². The van der Waals surface area contributed by atoms with Gasteiger partial charge in [0.15, 0.2) is 5.11 Å². The average Bonchev–Trinajstić information content (AvgIpc) is 3.40. The number of nitrogens with one attached hydrogen (secondary N) is 1. The van der Waals surface area contributed by atoms with Crippen molar-refractivity contribution >= 4 is 33.3 Å². The number of rotatable bonds is 5. The molecule has 1 aromatic carbocycles. The third kappa shape index (κ3) is 4.06. The molecule has 0 amide bonds. The summed E-state index contributed by atoms with van der Waals surface area (Å²) in [6, 6.07) is 21.8. The van der Waals surface area contributed by atoms with Crippen molar-refractivity contribution in [1.82, 2.24) is 20.2 Å². The molecule has 4 aromatic rings. The number of thiocarbonyl (C=S) groups is 1. The van der Waals surface area contributed by atoms with Gasteiger partial charge in [-0.1, -0.05) is 34.1 Å². The first kappa shape index (κ1) is 20.8. The largest absolute Gasteiger partial charge is 0.459 e. The molecule has 32 heavy (non-hydrogen) atoms. The highest BCUT2D eigenvalue weighted by Gasteiger charge is 2.41. The van der Waals surface area contributed by atoms with Crippen molar-refractivity contribution in [3.05, 3.63) is 106 Å². The van der Waals surface area contributed by atoms with Gasteiger partial charge in [-0.15, -0.1) is 0 Å². The minimum Gasteiger partial charge on any atom is -0.459 e. The predicted octanol–water partition coefficient (Wildman–Crippen LogP) is 5.98. The van der Waals surface area contributed by atoms with Crippen LogP contribution in [0.1, 0.15) is 34.8 Å². The van der Waals surface area contributed by atoms with Crippen molar-refractivity contribution in [3.63, 3.8) is 0 Å². The Balaban J connectivity index is 1.55. The maximum absolute atomic E-state index is 6.42. The summed E-state index contributed by atoms with van der Waals surface area (Å²) < 4.78 is 7.43. The quantitative estimate of drug-likeness (QED) is 0.337. The van der Waals surface area contributed by atoms with E-state index in [2.05, 4.69) is 61.2 Å². The van der Waals surface area contributed by atoms with Gasteiger partial charge in [-0.3, -0.25) is 9.97 Å². The Labute approximate surface area is 200 Å². The van der Waals surface area contributed by atoms with Gasteiger partial charge in [0.2, 0.25) is 0 Å². The topological polar surface area (TPSA) is 54.2 Å². The molecule has 1 aliphatic heterocycles. The first-order valence-corrected chi connectivity index (χ1v) is 11.5. The van der Waals surface area contributed by atoms with E-state index in [0.717, 1.165) is 32.9 Å². The molecule has 0 aliphatic carbocycles. The Morgan fingerprint density at radius 2 is 1.84 bits per heavy atom. The second kappa shape index (κ2) is 8.84. The molecular formula is C25H21BrN4OS. The fraction of sp³-hybridized carbons (Fsp3) is 0.160. The SMILES string of the molecule is Cc1ccc(-c2ccc([C@H]3[C@H](c4ccccn4)NC(=S)N3Cc3ccccn3)o2)c(Br)c1. The zero-order valence-corrected chi connectivity index (χ0v) is 19.8. The number of pyridine rings is 2. The number of aromatic nitrogens is 2. The number of halogens is 1. The molecule has 0 radical (unpaired) electrons. The second-order valence-electron chi connectivity index (χ2n) is 7.76. The zero-order valence-electron chi connectivity index (χ0n) is 17.4. The van der Waals surface area contributed by atoms with Crippen LogP contribution in [0.15, 0.2) is 88.0 Å². The molecule has 0 unspecified atom stereocenters. The first-order chi connectivity index (χ1) is 15.6. The van der Waals surface area contributed by atoms with Gasteiger partial charge < -0.3 is 14.6 Å². The maximum atomic E-state index is 6.42. The summed E-state index contributed by atoms with van der Waals surface area (Å²) in [5, 5.41) is 4.11. The molecule has 4 heterocycles. The van der Waals surface area contributed by atoms with Crippen LogP contribution in [0.3, 0.4) is 0 Å². The molecule has 0 saturated carbocycles. The average molecular weight is 505 g/mol. The highest BCUT2D eigenvalue weighted by atomic mass is 79.9. The lowest BCUT2D eigenvalue weighted by Gasteiger charge is -2.25. The van der Waals surface area contributed by atoms with Crippen molar-refractivity contribution < 1.29 is 4.42 Å². The summed E-state index contributed by atoms with van der Waals surface area (Å²) in [7, 11) is 0. The van der Waals surface area contributed by atoms with Crippen molar-refractivity contribution in [1.29, 1.82) is 0 Å². The summed E-state index contributed by atoms with van der Waals surface area (Å²) in [6.45, 7) is 2.64. The Hall–Kier alpha value is -3.03.